The highest BCUT2D eigenvalue weighted by molar-refractivity contribution is 9.10. The van der Waals surface area contributed by atoms with E-state index in [1.807, 2.05) is 24.3 Å². The van der Waals surface area contributed by atoms with E-state index in [0.29, 0.717) is 13.2 Å². The average Bonchev–Trinajstić information content (AvgIpc) is 2.29. The van der Waals surface area contributed by atoms with Gasteiger partial charge in [0, 0.05) is 29.2 Å². The summed E-state index contributed by atoms with van der Waals surface area (Å²) in [5.41, 5.74) is 0.776. The maximum Gasteiger partial charge on any atom is 0.0741 e. The minimum absolute atomic E-state index is 0.148. The molecule has 0 bridgehead atoms. The third-order valence-electron chi connectivity index (χ3n) is 2.88. The lowest BCUT2D eigenvalue weighted by molar-refractivity contribution is 0.0990. The molecule has 17 heavy (non-hydrogen) atoms. The van der Waals surface area contributed by atoms with E-state index in [2.05, 4.69) is 20.3 Å². The van der Waals surface area contributed by atoms with Crippen molar-refractivity contribution in [2.45, 2.75) is 18.1 Å². The van der Waals surface area contributed by atoms with Gasteiger partial charge in [-0.25, -0.2) is 4.21 Å². The third kappa shape index (κ3) is 3.53. The molecule has 0 spiro atoms. The fourth-order valence-electron chi connectivity index (χ4n) is 1.93. The summed E-state index contributed by atoms with van der Waals surface area (Å²) in [5.74, 6) is 0. The summed E-state index contributed by atoms with van der Waals surface area (Å²) in [6.45, 7) is 1.40. The second-order valence-electron chi connectivity index (χ2n) is 4.24. The Morgan fingerprint density at radius 3 is 2.76 bits per heavy atom. The van der Waals surface area contributed by atoms with Crippen LogP contribution in [0.3, 0.4) is 0 Å². The monoisotopic (exact) mass is 317 g/mol. The van der Waals surface area contributed by atoms with Crippen LogP contribution in [0.15, 0.2) is 33.1 Å². The molecule has 1 aromatic carbocycles. The highest BCUT2D eigenvalue weighted by Crippen LogP contribution is 2.24. The third-order valence-corrected chi connectivity index (χ3v) is 5.66. The van der Waals surface area contributed by atoms with Crippen LogP contribution in [0.2, 0.25) is 0 Å². The van der Waals surface area contributed by atoms with Crippen LogP contribution in [0.5, 0.6) is 0 Å². The first-order chi connectivity index (χ1) is 8.08. The second-order valence-corrected chi connectivity index (χ2v) is 7.73. The summed E-state index contributed by atoms with van der Waals surface area (Å²) < 4.78 is 23.3. The van der Waals surface area contributed by atoms with Crippen LogP contribution >= 0.6 is 15.9 Å². The van der Waals surface area contributed by atoms with Crippen molar-refractivity contribution in [1.29, 1.82) is 0 Å². The van der Waals surface area contributed by atoms with Crippen molar-refractivity contribution in [3.63, 3.8) is 0 Å². The predicted octanol–water partition coefficient (Wildman–Crippen LogP) is 3.36. The zero-order valence-electron chi connectivity index (χ0n) is 9.77. The zero-order valence-corrected chi connectivity index (χ0v) is 12.2. The van der Waals surface area contributed by atoms with Crippen LogP contribution in [0, 0.1) is 0 Å². The van der Waals surface area contributed by atoms with Crippen molar-refractivity contribution < 1.29 is 8.95 Å². The number of benzene rings is 1. The number of rotatable bonds is 2. The molecular formula is C12H16BrNO2S. The second kappa shape index (κ2) is 5.50. The number of halogens is 1. The Labute approximate surface area is 111 Å². The highest BCUT2D eigenvalue weighted by atomic mass is 79.9. The van der Waals surface area contributed by atoms with Crippen LogP contribution in [-0.2, 0) is 14.5 Å². The van der Waals surface area contributed by atoms with Gasteiger partial charge in [0.05, 0.1) is 15.4 Å². The van der Waals surface area contributed by atoms with Gasteiger partial charge in [-0.3, -0.25) is 0 Å². The summed E-state index contributed by atoms with van der Waals surface area (Å²) in [6, 6.07) is 7.61. The summed E-state index contributed by atoms with van der Waals surface area (Å²) >= 11 is 3.39. The molecule has 3 nitrogen and oxygen atoms in total. The quantitative estimate of drug-likeness (QED) is 0.839. The van der Waals surface area contributed by atoms with E-state index in [0.717, 1.165) is 23.0 Å². The van der Waals surface area contributed by atoms with Crippen molar-refractivity contribution in [2.24, 2.45) is 4.36 Å². The molecule has 0 aliphatic carbocycles. The molecule has 1 aliphatic heterocycles. The Morgan fingerprint density at radius 1 is 1.41 bits per heavy atom. The molecule has 1 heterocycles. The smallest absolute Gasteiger partial charge is 0.0741 e. The van der Waals surface area contributed by atoms with Gasteiger partial charge < -0.3 is 4.74 Å². The zero-order chi connectivity index (χ0) is 12.3. The van der Waals surface area contributed by atoms with Gasteiger partial charge in [0.15, 0.2) is 0 Å². The molecule has 0 saturated carbocycles. The molecule has 0 amide bonds. The van der Waals surface area contributed by atoms with Crippen LogP contribution in [0.1, 0.15) is 12.8 Å². The Kier molecular flexibility index (Phi) is 4.22. The number of hydrogen-bond acceptors (Lipinski definition) is 3. The van der Waals surface area contributed by atoms with Gasteiger partial charge in [-0.05, 0) is 31.0 Å². The minimum Gasteiger partial charge on any atom is -0.381 e. The Bertz CT molecular complexity index is 503. The van der Waals surface area contributed by atoms with Crippen LogP contribution in [0.4, 0.5) is 5.69 Å². The normalized spacial score (nSPS) is 20.8. The first-order valence-electron chi connectivity index (χ1n) is 5.62. The molecule has 94 valence electrons. The van der Waals surface area contributed by atoms with E-state index in [4.69, 9.17) is 4.74 Å². The van der Waals surface area contributed by atoms with E-state index in [9.17, 15) is 4.21 Å². The van der Waals surface area contributed by atoms with Gasteiger partial charge >= 0.3 is 0 Å². The van der Waals surface area contributed by atoms with E-state index < -0.39 is 9.73 Å². The summed E-state index contributed by atoms with van der Waals surface area (Å²) in [5, 5.41) is 0.148. The van der Waals surface area contributed by atoms with Gasteiger partial charge in [-0.2, -0.15) is 4.36 Å². The molecule has 1 fully saturated rings. The fraction of sp³-hybridized carbons (Fsp3) is 0.500. The fourth-order valence-corrected chi connectivity index (χ4v) is 4.07. The number of nitrogens with zero attached hydrogens (tertiary/aromatic N) is 1. The van der Waals surface area contributed by atoms with Gasteiger partial charge in [0.25, 0.3) is 0 Å². The molecular weight excluding hydrogens is 302 g/mol. The maximum absolute atomic E-state index is 12.6. The largest absolute Gasteiger partial charge is 0.381 e. The Balaban J connectivity index is 2.27. The Morgan fingerprint density at radius 2 is 2.12 bits per heavy atom. The van der Waals surface area contributed by atoms with E-state index in [-0.39, 0.29) is 5.25 Å². The van der Waals surface area contributed by atoms with Crippen molar-refractivity contribution in [3.8, 4) is 0 Å². The van der Waals surface area contributed by atoms with Gasteiger partial charge in [0.2, 0.25) is 0 Å². The molecule has 0 radical (unpaired) electrons. The van der Waals surface area contributed by atoms with Gasteiger partial charge in [0.1, 0.15) is 0 Å². The lowest BCUT2D eigenvalue weighted by Crippen LogP contribution is -2.27. The average molecular weight is 318 g/mol. The van der Waals surface area contributed by atoms with Crippen molar-refractivity contribution >= 4 is 31.3 Å². The maximum atomic E-state index is 12.6. The molecule has 1 saturated heterocycles. The summed E-state index contributed by atoms with van der Waals surface area (Å²) in [7, 11) is -2.18. The van der Waals surface area contributed by atoms with Crippen molar-refractivity contribution in [1.82, 2.24) is 0 Å². The first-order valence-corrected chi connectivity index (χ1v) is 8.40. The summed E-state index contributed by atoms with van der Waals surface area (Å²) in [4.78, 5) is 0. The van der Waals surface area contributed by atoms with Crippen LogP contribution in [0.25, 0.3) is 0 Å². The van der Waals surface area contributed by atoms with E-state index in [1.165, 1.54) is 0 Å². The number of hydrogen-bond donors (Lipinski definition) is 0. The van der Waals surface area contributed by atoms with Crippen molar-refractivity contribution in [3.05, 3.63) is 28.7 Å². The van der Waals surface area contributed by atoms with E-state index >= 15 is 0 Å². The molecule has 1 aromatic rings. The summed E-state index contributed by atoms with van der Waals surface area (Å²) in [6.07, 6.45) is 3.43. The SMILES string of the molecule is CS(=O)(=Nc1cccc(Br)c1)C1CCOCC1. The first kappa shape index (κ1) is 13.1. The topological polar surface area (TPSA) is 38.7 Å². The molecule has 0 N–H and O–H groups in total. The molecule has 1 aliphatic rings. The predicted molar refractivity (Wildman–Crippen MR) is 74.1 cm³/mol. The highest BCUT2D eigenvalue weighted by Gasteiger charge is 2.22. The van der Waals surface area contributed by atoms with Crippen LogP contribution < -0.4 is 0 Å². The molecule has 2 rings (SSSR count). The lowest BCUT2D eigenvalue weighted by atomic mass is 10.2. The van der Waals surface area contributed by atoms with Gasteiger partial charge in [-0.1, -0.05) is 22.0 Å². The molecule has 1 atom stereocenters. The minimum atomic E-state index is -2.18. The lowest BCUT2D eigenvalue weighted by Gasteiger charge is -2.23. The molecule has 5 heteroatoms. The van der Waals surface area contributed by atoms with Crippen molar-refractivity contribution in [2.75, 3.05) is 19.5 Å². The van der Waals surface area contributed by atoms with Crippen LogP contribution in [-0.4, -0.2) is 28.9 Å². The molecule has 1 unspecified atom stereocenters. The van der Waals surface area contributed by atoms with Gasteiger partial charge in [-0.15, -0.1) is 0 Å². The molecule has 0 aromatic heterocycles. The standard InChI is InChI=1S/C12H16BrNO2S/c1-17(15,12-5-7-16-8-6-12)14-11-4-2-3-10(13)9-11/h2-4,9,12H,5-8H2,1H3. The Hall–Kier alpha value is -0.390. The van der Waals surface area contributed by atoms with E-state index in [1.54, 1.807) is 6.26 Å². The number of ether oxygens (including phenoxy) is 1.